The minimum Gasteiger partial charge on any atom is -0.481 e. The number of aromatic nitrogens is 2. The summed E-state index contributed by atoms with van der Waals surface area (Å²) in [7, 11) is 0. The van der Waals surface area contributed by atoms with E-state index in [9.17, 15) is 18.8 Å². The van der Waals surface area contributed by atoms with Gasteiger partial charge in [-0.2, -0.15) is 10.4 Å². The summed E-state index contributed by atoms with van der Waals surface area (Å²) in [4.78, 5) is 13.3. The summed E-state index contributed by atoms with van der Waals surface area (Å²) in [6, 6.07) is 7.12. The molecule has 3 heterocycles. The first kappa shape index (κ1) is 21.0. The number of nitrogens with one attached hydrogen (secondary N) is 1. The molecule has 3 aromatic rings. The number of thiophene rings is 1. The Labute approximate surface area is 181 Å². The van der Waals surface area contributed by atoms with Gasteiger partial charge in [-0.05, 0) is 43.1 Å². The Morgan fingerprint density at radius 2 is 2.23 bits per heavy atom. The van der Waals surface area contributed by atoms with Gasteiger partial charge in [0.2, 0.25) is 0 Å². The number of carbonyl (C=O) groups is 1. The lowest BCUT2D eigenvalue weighted by molar-refractivity contribution is 0.0939. The van der Waals surface area contributed by atoms with Gasteiger partial charge in [0, 0.05) is 6.04 Å². The molecule has 0 fully saturated rings. The Morgan fingerprint density at radius 3 is 2.97 bits per heavy atom. The molecule has 31 heavy (non-hydrogen) atoms. The average molecular weight is 443 g/mol. The molecule has 7 nitrogen and oxygen atoms in total. The Morgan fingerprint density at radius 1 is 1.39 bits per heavy atom. The first-order valence-corrected chi connectivity index (χ1v) is 10.5. The number of nitrogens with two attached hydrogens (primary N) is 1. The number of rotatable bonds is 6. The van der Waals surface area contributed by atoms with Crippen LogP contribution in [0.4, 0.5) is 8.78 Å². The Kier molecular flexibility index (Phi) is 5.97. The topological polar surface area (TPSA) is 106 Å². The number of hydrogen-bond donors (Lipinski definition) is 2. The predicted octanol–water partition coefficient (Wildman–Crippen LogP) is 2.84. The van der Waals surface area contributed by atoms with Crippen LogP contribution in [0, 0.1) is 23.0 Å². The second-order valence-corrected chi connectivity index (χ2v) is 8.12. The van der Waals surface area contributed by atoms with E-state index >= 15 is 0 Å². The zero-order valence-electron chi connectivity index (χ0n) is 16.4. The van der Waals surface area contributed by atoms with Gasteiger partial charge in [0.15, 0.2) is 16.7 Å². The fraction of sp³-hybridized carbons (Fsp3) is 0.286. The molecule has 4 rings (SSSR count). The molecule has 0 radical (unpaired) electrons. The van der Waals surface area contributed by atoms with Crippen LogP contribution in [0.5, 0.6) is 5.06 Å². The predicted molar refractivity (Wildman–Crippen MR) is 111 cm³/mol. The van der Waals surface area contributed by atoms with Crippen LogP contribution in [0.1, 0.15) is 27.2 Å². The molecule has 2 aromatic heterocycles. The number of nitriles is 1. The highest BCUT2D eigenvalue weighted by atomic mass is 32.1. The molecule has 160 valence electrons. The molecule has 0 aliphatic carbocycles. The summed E-state index contributed by atoms with van der Waals surface area (Å²) in [6.45, 7) is 1.20. The van der Waals surface area contributed by atoms with Crippen molar-refractivity contribution >= 4 is 17.2 Å². The van der Waals surface area contributed by atoms with Gasteiger partial charge in [-0.25, -0.2) is 8.78 Å². The van der Waals surface area contributed by atoms with Gasteiger partial charge < -0.3 is 15.8 Å². The number of carbonyl (C=O) groups excluding carboxylic acids is 1. The molecular formula is C21H19F2N5O2S. The van der Waals surface area contributed by atoms with Crippen molar-refractivity contribution in [3.8, 4) is 22.4 Å². The Balaban J connectivity index is 1.56. The van der Waals surface area contributed by atoms with E-state index in [2.05, 4.69) is 16.5 Å². The number of benzene rings is 1. The first-order valence-electron chi connectivity index (χ1n) is 9.68. The summed E-state index contributed by atoms with van der Waals surface area (Å²) in [5.74, 6) is -2.18. The molecule has 0 spiro atoms. The maximum atomic E-state index is 13.5. The maximum Gasteiger partial charge on any atom is 0.261 e. The molecule has 1 aliphatic heterocycles. The summed E-state index contributed by atoms with van der Waals surface area (Å²) < 4.78 is 34.2. The van der Waals surface area contributed by atoms with Crippen LogP contribution in [0.2, 0.25) is 0 Å². The van der Waals surface area contributed by atoms with Gasteiger partial charge in [0.25, 0.3) is 5.91 Å². The monoisotopic (exact) mass is 443 g/mol. The van der Waals surface area contributed by atoms with Gasteiger partial charge in [-0.3, -0.25) is 9.48 Å². The number of ether oxygens (including phenoxy) is 1. The Hall–Kier alpha value is -3.29. The van der Waals surface area contributed by atoms with Crippen LogP contribution < -0.4 is 15.8 Å². The minimum absolute atomic E-state index is 0.313. The highest BCUT2D eigenvalue weighted by molar-refractivity contribution is 7.16. The first-order chi connectivity index (χ1) is 15.0. The molecule has 10 heteroatoms. The highest BCUT2D eigenvalue weighted by Crippen LogP contribution is 2.41. The zero-order valence-corrected chi connectivity index (χ0v) is 17.2. The molecule has 0 bridgehead atoms. The third-order valence-corrected chi connectivity index (χ3v) is 6.04. The summed E-state index contributed by atoms with van der Waals surface area (Å²) in [5, 5.41) is 17.1. The fourth-order valence-corrected chi connectivity index (χ4v) is 4.47. The van der Waals surface area contributed by atoms with Crippen molar-refractivity contribution in [1.82, 2.24) is 15.1 Å². The van der Waals surface area contributed by atoms with Crippen molar-refractivity contribution in [2.75, 3.05) is 13.2 Å². The summed E-state index contributed by atoms with van der Waals surface area (Å²) in [6.07, 6.45) is 2.28. The lowest BCUT2D eigenvalue weighted by atomic mass is 10.0. The van der Waals surface area contributed by atoms with E-state index in [4.69, 9.17) is 10.5 Å². The van der Waals surface area contributed by atoms with E-state index in [1.165, 1.54) is 23.6 Å². The number of fused-ring (bicyclic) bond motifs is 3. The molecular weight excluding hydrogens is 424 g/mol. The third-order valence-electron chi connectivity index (χ3n) is 4.99. The van der Waals surface area contributed by atoms with Crippen LogP contribution >= 0.6 is 11.3 Å². The number of hydrogen-bond acceptors (Lipinski definition) is 6. The van der Waals surface area contributed by atoms with Gasteiger partial charge in [0.1, 0.15) is 12.7 Å². The zero-order chi connectivity index (χ0) is 22.0. The van der Waals surface area contributed by atoms with Crippen molar-refractivity contribution in [3.05, 3.63) is 58.1 Å². The number of nitrogens with zero attached hydrogens (tertiary/aromatic N) is 3. The van der Waals surface area contributed by atoms with Crippen LogP contribution in [0.15, 0.2) is 30.5 Å². The van der Waals surface area contributed by atoms with Crippen molar-refractivity contribution in [2.45, 2.75) is 25.4 Å². The smallest absolute Gasteiger partial charge is 0.261 e. The Bertz CT molecular complexity index is 1170. The van der Waals surface area contributed by atoms with Crippen molar-refractivity contribution < 1.29 is 18.3 Å². The number of amides is 1. The standard InChI is InChI=1S/C21H19F2N5O2S/c22-16-2-1-12(8-17(16)23)7-14(3-4-24)27-20(29)18-9-15-19-13(10-25)11-26-28(19)5-6-30-21(15)31-18/h1-2,8-9,11,14H,3-7,24H2,(H,27,29)/t14-/m1/s1. The average Bonchev–Trinajstić information content (AvgIpc) is 3.31. The second-order valence-electron chi connectivity index (χ2n) is 7.10. The minimum atomic E-state index is -0.931. The molecule has 1 aromatic carbocycles. The van der Waals surface area contributed by atoms with E-state index in [0.29, 0.717) is 64.9 Å². The maximum absolute atomic E-state index is 13.5. The van der Waals surface area contributed by atoms with Gasteiger partial charge in [-0.1, -0.05) is 17.4 Å². The molecule has 1 atom stereocenters. The molecule has 0 saturated heterocycles. The molecule has 3 N–H and O–H groups in total. The normalized spacial score (nSPS) is 13.4. The largest absolute Gasteiger partial charge is 0.481 e. The molecule has 1 amide bonds. The van der Waals surface area contributed by atoms with Gasteiger partial charge in [0.05, 0.1) is 34.4 Å². The molecule has 1 aliphatic rings. The van der Waals surface area contributed by atoms with E-state index in [0.717, 1.165) is 12.1 Å². The van der Waals surface area contributed by atoms with Gasteiger partial charge in [-0.15, -0.1) is 0 Å². The summed E-state index contributed by atoms with van der Waals surface area (Å²) in [5.41, 5.74) is 7.93. The van der Waals surface area contributed by atoms with E-state index in [-0.39, 0.29) is 11.9 Å². The van der Waals surface area contributed by atoms with Crippen LogP contribution in [0.3, 0.4) is 0 Å². The van der Waals surface area contributed by atoms with E-state index < -0.39 is 11.6 Å². The van der Waals surface area contributed by atoms with E-state index in [1.807, 2.05) is 0 Å². The molecule has 0 unspecified atom stereocenters. The fourth-order valence-electron chi connectivity index (χ4n) is 3.54. The van der Waals surface area contributed by atoms with Crippen LogP contribution in [-0.4, -0.2) is 34.9 Å². The van der Waals surface area contributed by atoms with Crippen LogP contribution in [-0.2, 0) is 13.0 Å². The van der Waals surface area contributed by atoms with Crippen molar-refractivity contribution in [1.29, 1.82) is 5.26 Å². The third kappa shape index (κ3) is 4.28. The van der Waals surface area contributed by atoms with Crippen molar-refractivity contribution in [3.63, 3.8) is 0 Å². The summed E-state index contributed by atoms with van der Waals surface area (Å²) >= 11 is 1.19. The highest BCUT2D eigenvalue weighted by Gasteiger charge is 2.26. The second kappa shape index (κ2) is 8.83. The SMILES string of the molecule is N#Cc1cnn2c1-c1cc(C(=O)N[C@H](CCN)Cc3ccc(F)c(F)c3)sc1OCC2. The number of halogens is 2. The van der Waals surface area contributed by atoms with E-state index in [1.54, 1.807) is 10.7 Å². The molecule has 0 saturated carbocycles. The van der Waals surface area contributed by atoms with Gasteiger partial charge >= 0.3 is 0 Å². The lowest BCUT2D eigenvalue weighted by Gasteiger charge is -2.18. The lowest BCUT2D eigenvalue weighted by Crippen LogP contribution is -2.37. The van der Waals surface area contributed by atoms with Crippen molar-refractivity contribution in [2.24, 2.45) is 5.73 Å². The van der Waals surface area contributed by atoms with Crippen LogP contribution in [0.25, 0.3) is 11.3 Å². The quantitative estimate of drug-likeness (QED) is 0.609.